The quantitative estimate of drug-likeness (QED) is 0.381. The van der Waals surface area contributed by atoms with Crippen molar-refractivity contribution < 1.29 is 4.52 Å². The third-order valence-electron chi connectivity index (χ3n) is 4.78. The molecule has 2 aromatic rings. The lowest BCUT2D eigenvalue weighted by molar-refractivity contribution is 0.365. The topological polar surface area (TPSA) is 93.2 Å². The molecule has 0 aliphatic carbocycles. The molecule has 1 atom stereocenters. The molecule has 0 fully saturated rings. The van der Waals surface area contributed by atoms with E-state index in [2.05, 4.69) is 44.7 Å². The van der Waals surface area contributed by atoms with Crippen LogP contribution in [0, 0.1) is 0 Å². The van der Waals surface area contributed by atoms with Crippen molar-refractivity contribution in [1.82, 2.24) is 30.6 Å². The fourth-order valence-electron chi connectivity index (χ4n) is 3.23. The summed E-state index contributed by atoms with van der Waals surface area (Å²) in [4.78, 5) is 8.56. The van der Waals surface area contributed by atoms with Gasteiger partial charge in [-0.15, -0.1) is 24.0 Å². The van der Waals surface area contributed by atoms with Crippen LogP contribution in [0.4, 0.5) is 0 Å². The summed E-state index contributed by atoms with van der Waals surface area (Å²) in [6.45, 7) is 5.72. The van der Waals surface area contributed by atoms with Crippen molar-refractivity contribution in [1.29, 1.82) is 0 Å². The van der Waals surface area contributed by atoms with Crippen molar-refractivity contribution >= 4 is 29.9 Å². The van der Waals surface area contributed by atoms with Gasteiger partial charge >= 0.3 is 0 Å². The highest BCUT2D eigenvalue weighted by atomic mass is 127. The van der Waals surface area contributed by atoms with Crippen molar-refractivity contribution in [3.8, 4) is 0 Å². The summed E-state index contributed by atoms with van der Waals surface area (Å²) in [5, 5.41) is 15.2. The maximum atomic E-state index is 5.45. The van der Waals surface area contributed by atoms with Crippen LogP contribution in [0.25, 0.3) is 0 Å². The second-order valence-corrected chi connectivity index (χ2v) is 6.40. The van der Waals surface area contributed by atoms with Gasteiger partial charge in [0.15, 0.2) is 11.7 Å². The zero-order valence-corrected chi connectivity index (χ0v) is 17.9. The molecule has 1 unspecified atom stereocenters. The molecule has 8 nitrogen and oxygen atoms in total. The van der Waals surface area contributed by atoms with Gasteiger partial charge in [-0.3, -0.25) is 4.99 Å². The first-order chi connectivity index (χ1) is 12.2. The molecule has 1 aliphatic heterocycles. The van der Waals surface area contributed by atoms with Gasteiger partial charge in [0, 0.05) is 31.5 Å². The summed E-state index contributed by atoms with van der Waals surface area (Å²) >= 11 is 0. The van der Waals surface area contributed by atoms with Crippen LogP contribution in [-0.2, 0) is 19.5 Å². The molecule has 1 aliphatic rings. The predicted molar refractivity (Wildman–Crippen MR) is 111 cm³/mol. The lowest BCUT2D eigenvalue weighted by Gasteiger charge is -2.25. The van der Waals surface area contributed by atoms with E-state index in [4.69, 9.17) is 4.52 Å². The van der Waals surface area contributed by atoms with Gasteiger partial charge < -0.3 is 15.2 Å². The second-order valence-electron chi connectivity index (χ2n) is 6.40. The smallest absolute Gasteiger partial charge is 0.191 e. The van der Waals surface area contributed by atoms with Gasteiger partial charge in [0.1, 0.15) is 12.2 Å². The monoisotopic (exact) mass is 473 g/mol. The molecule has 0 saturated heterocycles. The Labute approximate surface area is 171 Å². The summed E-state index contributed by atoms with van der Waals surface area (Å²) in [7, 11) is 1.77. The number of rotatable bonds is 6. The van der Waals surface area contributed by atoms with Crippen LogP contribution >= 0.6 is 24.0 Å². The third kappa shape index (κ3) is 4.95. The minimum absolute atomic E-state index is 0. The molecule has 0 spiro atoms. The van der Waals surface area contributed by atoms with Crippen LogP contribution in [-0.4, -0.2) is 39.0 Å². The number of halogens is 1. The normalized spacial score (nSPS) is 16.9. The Bertz CT molecular complexity index is 708. The highest BCUT2D eigenvalue weighted by molar-refractivity contribution is 14.0. The SMILES string of the molecule is CCC(CC)c1cc(CNC(=NC)NC2CCc3ncnn3C2)on1.I. The molecule has 0 radical (unpaired) electrons. The fraction of sp³-hybridized carbons (Fsp3) is 0.647. The zero-order chi connectivity index (χ0) is 17.6. The van der Waals surface area contributed by atoms with E-state index in [1.807, 2.05) is 10.7 Å². The number of aryl methyl sites for hydroxylation is 1. The van der Waals surface area contributed by atoms with E-state index in [0.29, 0.717) is 12.5 Å². The van der Waals surface area contributed by atoms with E-state index in [1.165, 1.54) is 0 Å². The summed E-state index contributed by atoms with van der Waals surface area (Å²) in [6.07, 6.45) is 5.71. The molecular formula is C17H28IN7O. The third-order valence-corrected chi connectivity index (χ3v) is 4.78. The summed E-state index contributed by atoms with van der Waals surface area (Å²) in [6, 6.07) is 2.33. The molecule has 2 aromatic heterocycles. The minimum Gasteiger partial charge on any atom is -0.359 e. The Kier molecular flexibility index (Phi) is 7.85. The van der Waals surface area contributed by atoms with Crippen molar-refractivity contribution in [3.63, 3.8) is 0 Å². The standard InChI is InChI=1S/C17H27N7O.HI/c1-4-12(5-2)15-8-14(25-23-15)9-19-17(18-3)22-13-6-7-16-20-11-21-24(16)10-13;/h8,11-13H,4-7,9-10H2,1-3H3,(H2,18,19,22);1H. The van der Waals surface area contributed by atoms with E-state index in [1.54, 1.807) is 13.4 Å². The maximum Gasteiger partial charge on any atom is 0.191 e. The van der Waals surface area contributed by atoms with Gasteiger partial charge in [0.25, 0.3) is 0 Å². The number of nitrogens with zero attached hydrogens (tertiary/aromatic N) is 5. The van der Waals surface area contributed by atoms with E-state index < -0.39 is 0 Å². The first-order valence-corrected chi connectivity index (χ1v) is 9.02. The number of nitrogens with one attached hydrogen (secondary N) is 2. The average Bonchev–Trinajstić information content (AvgIpc) is 3.28. The van der Waals surface area contributed by atoms with E-state index >= 15 is 0 Å². The van der Waals surface area contributed by atoms with Crippen LogP contribution in [0.3, 0.4) is 0 Å². The Morgan fingerprint density at radius 2 is 2.23 bits per heavy atom. The lowest BCUT2D eigenvalue weighted by Crippen LogP contribution is -2.46. The van der Waals surface area contributed by atoms with Crippen molar-refractivity contribution in [2.45, 2.75) is 64.6 Å². The van der Waals surface area contributed by atoms with Gasteiger partial charge in [0.05, 0.1) is 18.8 Å². The van der Waals surface area contributed by atoms with E-state index in [9.17, 15) is 0 Å². The molecule has 0 aromatic carbocycles. The van der Waals surface area contributed by atoms with Crippen molar-refractivity contribution in [2.24, 2.45) is 4.99 Å². The molecule has 0 saturated carbocycles. The van der Waals surface area contributed by atoms with Crippen LogP contribution in [0.5, 0.6) is 0 Å². The van der Waals surface area contributed by atoms with Crippen LogP contribution in [0.15, 0.2) is 21.9 Å². The number of aromatic nitrogens is 4. The maximum absolute atomic E-state index is 5.45. The number of hydrogen-bond donors (Lipinski definition) is 2. The highest BCUT2D eigenvalue weighted by Gasteiger charge is 2.20. The van der Waals surface area contributed by atoms with Gasteiger partial charge in [-0.25, -0.2) is 9.67 Å². The number of aliphatic imine (C=N–C) groups is 1. The summed E-state index contributed by atoms with van der Waals surface area (Å²) in [5.41, 5.74) is 1.04. The molecule has 9 heteroatoms. The van der Waals surface area contributed by atoms with Gasteiger partial charge in [-0.2, -0.15) is 5.10 Å². The van der Waals surface area contributed by atoms with Crippen LogP contribution in [0.2, 0.25) is 0 Å². The largest absolute Gasteiger partial charge is 0.359 e. The van der Waals surface area contributed by atoms with Gasteiger partial charge in [-0.1, -0.05) is 19.0 Å². The molecule has 2 N–H and O–H groups in total. The first-order valence-electron chi connectivity index (χ1n) is 9.02. The second kappa shape index (κ2) is 9.89. The molecule has 0 bridgehead atoms. The van der Waals surface area contributed by atoms with Crippen LogP contribution in [0.1, 0.15) is 56.3 Å². The number of fused-ring (bicyclic) bond motifs is 1. The Hall–Kier alpha value is -1.65. The van der Waals surface area contributed by atoms with Gasteiger partial charge in [0.2, 0.25) is 0 Å². The van der Waals surface area contributed by atoms with Crippen molar-refractivity contribution in [2.75, 3.05) is 7.05 Å². The number of guanidine groups is 1. The zero-order valence-electron chi connectivity index (χ0n) is 15.6. The Morgan fingerprint density at radius 1 is 1.42 bits per heavy atom. The van der Waals surface area contributed by atoms with E-state index in [0.717, 1.165) is 55.5 Å². The molecule has 3 heterocycles. The van der Waals surface area contributed by atoms with Crippen LogP contribution < -0.4 is 10.6 Å². The lowest BCUT2D eigenvalue weighted by atomic mass is 9.99. The molecule has 0 amide bonds. The summed E-state index contributed by atoms with van der Waals surface area (Å²) in [5.74, 6) is 3.10. The highest BCUT2D eigenvalue weighted by Crippen LogP contribution is 2.22. The molecule has 3 rings (SSSR count). The summed E-state index contributed by atoms with van der Waals surface area (Å²) < 4.78 is 7.40. The number of hydrogen-bond acceptors (Lipinski definition) is 5. The average molecular weight is 473 g/mol. The Balaban J connectivity index is 0.00000243. The first kappa shape index (κ1) is 20.7. The molecule has 144 valence electrons. The molecular weight excluding hydrogens is 445 g/mol. The van der Waals surface area contributed by atoms with E-state index in [-0.39, 0.29) is 30.0 Å². The minimum atomic E-state index is 0. The predicted octanol–water partition coefficient (Wildman–Crippen LogP) is 2.47. The van der Waals surface area contributed by atoms with Gasteiger partial charge in [-0.05, 0) is 19.3 Å². The Morgan fingerprint density at radius 3 is 2.96 bits per heavy atom. The fourth-order valence-corrected chi connectivity index (χ4v) is 3.23. The molecule has 26 heavy (non-hydrogen) atoms. The van der Waals surface area contributed by atoms with Crippen molar-refractivity contribution in [3.05, 3.63) is 29.7 Å².